The molecule has 7 heteroatoms. The van der Waals surface area contributed by atoms with E-state index in [0.29, 0.717) is 40.2 Å². The smallest absolute Gasteiger partial charge is 0.339 e. The number of benzene rings is 2. The summed E-state index contributed by atoms with van der Waals surface area (Å²) < 4.78 is 11.0. The maximum absolute atomic E-state index is 11.5. The van der Waals surface area contributed by atoms with Gasteiger partial charge in [-0.25, -0.2) is 14.8 Å². The number of aromatic carboxylic acids is 1. The Morgan fingerprint density at radius 3 is 2.74 bits per heavy atom. The third-order valence-electron chi connectivity index (χ3n) is 3.68. The minimum absolute atomic E-state index is 0.0877. The Labute approximate surface area is 161 Å². The quantitative estimate of drug-likeness (QED) is 0.647. The summed E-state index contributed by atoms with van der Waals surface area (Å²) in [5.41, 5.74) is 1.34. The number of hydrogen-bond donors (Lipinski definition) is 1. The summed E-state index contributed by atoms with van der Waals surface area (Å²) in [5.74, 6) is 0.357. The van der Waals surface area contributed by atoms with Crippen LogP contribution in [0, 0.1) is 0 Å². The zero-order valence-electron chi connectivity index (χ0n) is 14.6. The van der Waals surface area contributed by atoms with E-state index in [9.17, 15) is 9.90 Å². The van der Waals surface area contributed by atoms with Crippen molar-refractivity contribution >= 4 is 17.6 Å². The minimum Gasteiger partial charge on any atom is -0.493 e. The van der Waals surface area contributed by atoms with Gasteiger partial charge in [-0.1, -0.05) is 17.7 Å². The lowest BCUT2D eigenvalue weighted by molar-refractivity contribution is 0.0692. The van der Waals surface area contributed by atoms with Gasteiger partial charge in [0, 0.05) is 16.8 Å². The molecule has 0 bridgehead atoms. The fraction of sp³-hybridized carbons (Fsp3) is 0.150. The van der Waals surface area contributed by atoms with E-state index in [1.807, 2.05) is 0 Å². The molecule has 0 saturated heterocycles. The van der Waals surface area contributed by atoms with Crippen LogP contribution in [-0.2, 0) is 6.61 Å². The molecule has 0 fully saturated rings. The van der Waals surface area contributed by atoms with Crippen LogP contribution in [0.1, 0.15) is 23.1 Å². The number of ether oxygens (including phenoxy) is 2. The number of carboxylic acid groups (broad SMARTS) is 1. The summed E-state index contributed by atoms with van der Waals surface area (Å²) in [6.45, 7) is 2.35. The molecule has 0 amide bonds. The van der Waals surface area contributed by atoms with Crippen molar-refractivity contribution in [2.75, 3.05) is 6.61 Å². The predicted octanol–water partition coefficient (Wildman–Crippen LogP) is 4.47. The number of nitrogens with zero attached hydrogens (tertiary/aromatic N) is 2. The number of rotatable bonds is 7. The highest BCUT2D eigenvalue weighted by Crippen LogP contribution is 2.26. The third kappa shape index (κ3) is 4.74. The Balaban J connectivity index is 1.82. The molecule has 138 valence electrons. The minimum atomic E-state index is -1.06. The first-order chi connectivity index (χ1) is 13.1. The topological polar surface area (TPSA) is 81.5 Å². The normalized spacial score (nSPS) is 10.4. The Hall–Kier alpha value is -3.12. The second-order valence-corrected chi connectivity index (χ2v) is 5.99. The van der Waals surface area contributed by atoms with Crippen LogP contribution in [0.25, 0.3) is 11.3 Å². The lowest BCUT2D eigenvalue weighted by Gasteiger charge is -2.10. The molecule has 0 spiro atoms. The summed E-state index contributed by atoms with van der Waals surface area (Å²) in [4.78, 5) is 20.1. The molecule has 27 heavy (non-hydrogen) atoms. The van der Waals surface area contributed by atoms with Gasteiger partial charge in [-0.2, -0.15) is 0 Å². The van der Waals surface area contributed by atoms with Crippen molar-refractivity contribution in [3.63, 3.8) is 0 Å². The highest BCUT2D eigenvalue weighted by molar-refractivity contribution is 6.30. The van der Waals surface area contributed by atoms with Gasteiger partial charge in [-0.3, -0.25) is 0 Å². The third-order valence-corrected chi connectivity index (χ3v) is 3.91. The Morgan fingerprint density at radius 2 is 2.00 bits per heavy atom. The lowest BCUT2D eigenvalue weighted by atomic mass is 10.1. The summed E-state index contributed by atoms with van der Waals surface area (Å²) in [5, 5.41) is 9.99. The van der Waals surface area contributed by atoms with Gasteiger partial charge in [-0.05, 0) is 49.4 Å². The number of hydrogen-bond acceptors (Lipinski definition) is 5. The maximum atomic E-state index is 11.5. The predicted molar refractivity (Wildman–Crippen MR) is 101 cm³/mol. The molecule has 3 rings (SSSR count). The van der Waals surface area contributed by atoms with E-state index in [1.165, 1.54) is 6.07 Å². The van der Waals surface area contributed by atoms with Gasteiger partial charge in [0.2, 0.25) is 0 Å². The zero-order valence-corrected chi connectivity index (χ0v) is 15.3. The van der Waals surface area contributed by atoms with Crippen molar-refractivity contribution in [3.8, 4) is 22.8 Å². The molecule has 6 nitrogen and oxygen atoms in total. The summed E-state index contributed by atoms with van der Waals surface area (Å²) in [6, 6.07) is 13.7. The van der Waals surface area contributed by atoms with Crippen molar-refractivity contribution in [1.29, 1.82) is 0 Å². The first-order valence-corrected chi connectivity index (χ1v) is 8.65. The van der Waals surface area contributed by atoms with Crippen LogP contribution >= 0.6 is 11.6 Å². The maximum Gasteiger partial charge on any atom is 0.339 e. The van der Waals surface area contributed by atoms with E-state index < -0.39 is 5.97 Å². The Morgan fingerprint density at radius 1 is 1.15 bits per heavy atom. The van der Waals surface area contributed by atoms with Crippen LogP contribution < -0.4 is 9.47 Å². The fourth-order valence-electron chi connectivity index (χ4n) is 2.47. The van der Waals surface area contributed by atoms with E-state index in [2.05, 4.69) is 9.97 Å². The van der Waals surface area contributed by atoms with E-state index in [1.54, 1.807) is 55.6 Å². The van der Waals surface area contributed by atoms with Crippen LogP contribution in [0.15, 0.2) is 54.7 Å². The van der Waals surface area contributed by atoms with Crippen molar-refractivity contribution in [3.05, 3.63) is 71.1 Å². The standard InChI is InChI=1S/C20H17ClN2O4/c1-2-26-18-7-6-13(10-16(18)20(24)25)17-8-9-22-19(23-17)12-27-15-5-3-4-14(21)11-15/h3-11H,2,12H2,1H3,(H,24,25). The van der Waals surface area contributed by atoms with Gasteiger partial charge < -0.3 is 14.6 Å². The van der Waals surface area contributed by atoms with E-state index >= 15 is 0 Å². The first-order valence-electron chi connectivity index (χ1n) is 8.27. The Bertz CT molecular complexity index is 962. The van der Waals surface area contributed by atoms with Crippen LogP contribution in [0.2, 0.25) is 5.02 Å². The molecule has 2 aromatic carbocycles. The molecule has 1 aromatic heterocycles. The van der Waals surface area contributed by atoms with Gasteiger partial charge in [0.15, 0.2) is 5.82 Å². The summed E-state index contributed by atoms with van der Waals surface area (Å²) in [7, 11) is 0. The van der Waals surface area contributed by atoms with Gasteiger partial charge in [-0.15, -0.1) is 0 Å². The monoisotopic (exact) mass is 384 g/mol. The molecular weight excluding hydrogens is 368 g/mol. The molecule has 0 saturated carbocycles. The zero-order chi connectivity index (χ0) is 19.2. The lowest BCUT2D eigenvalue weighted by Crippen LogP contribution is -2.04. The fourth-order valence-corrected chi connectivity index (χ4v) is 2.65. The number of carbonyl (C=O) groups is 1. The summed E-state index contributed by atoms with van der Waals surface area (Å²) >= 11 is 5.94. The second kappa shape index (κ2) is 8.51. The average Bonchev–Trinajstić information content (AvgIpc) is 2.67. The second-order valence-electron chi connectivity index (χ2n) is 5.55. The van der Waals surface area contributed by atoms with Gasteiger partial charge in [0.25, 0.3) is 0 Å². The number of carboxylic acids is 1. The van der Waals surface area contributed by atoms with E-state index in [0.717, 1.165) is 0 Å². The first kappa shape index (κ1) is 18.7. The van der Waals surface area contributed by atoms with E-state index in [4.69, 9.17) is 21.1 Å². The molecule has 0 aliphatic carbocycles. The van der Waals surface area contributed by atoms with Gasteiger partial charge in [0.1, 0.15) is 23.7 Å². The van der Waals surface area contributed by atoms with Crippen LogP contribution in [0.3, 0.4) is 0 Å². The molecule has 0 aliphatic rings. The molecule has 0 unspecified atom stereocenters. The molecule has 1 N–H and O–H groups in total. The van der Waals surface area contributed by atoms with Crippen LogP contribution in [0.4, 0.5) is 0 Å². The van der Waals surface area contributed by atoms with E-state index in [-0.39, 0.29) is 12.2 Å². The highest BCUT2D eigenvalue weighted by atomic mass is 35.5. The SMILES string of the molecule is CCOc1ccc(-c2ccnc(COc3cccc(Cl)c3)n2)cc1C(=O)O. The molecule has 0 aliphatic heterocycles. The molecule has 0 atom stereocenters. The Kier molecular flexibility index (Phi) is 5.88. The average molecular weight is 385 g/mol. The van der Waals surface area contributed by atoms with Gasteiger partial charge in [0.05, 0.1) is 12.3 Å². The van der Waals surface area contributed by atoms with Crippen molar-refractivity contribution in [1.82, 2.24) is 9.97 Å². The van der Waals surface area contributed by atoms with Crippen molar-refractivity contribution in [2.45, 2.75) is 13.5 Å². The number of aromatic nitrogens is 2. The summed E-state index contributed by atoms with van der Waals surface area (Å²) in [6.07, 6.45) is 1.61. The number of halogens is 1. The van der Waals surface area contributed by atoms with Crippen LogP contribution in [-0.4, -0.2) is 27.7 Å². The van der Waals surface area contributed by atoms with Crippen molar-refractivity contribution in [2.24, 2.45) is 0 Å². The largest absolute Gasteiger partial charge is 0.493 e. The molecule has 1 heterocycles. The van der Waals surface area contributed by atoms with Crippen molar-refractivity contribution < 1.29 is 19.4 Å². The molecular formula is C20H17ClN2O4. The molecule has 3 aromatic rings. The van der Waals surface area contributed by atoms with Crippen LogP contribution in [0.5, 0.6) is 11.5 Å². The molecule has 0 radical (unpaired) electrons. The highest BCUT2D eigenvalue weighted by Gasteiger charge is 2.14. The van der Waals surface area contributed by atoms with Gasteiger partial charge >= 0.3 is 5.97 Å².